The van der Waals surface area contributed by atoms with Crippen LogP contribution in [0.15, 0.2) is 51.9 Å². The lowest BCUT2D eigenvalue weighted by Gasteiger charge is -2.32. The monoisotopic (exact) mass is 493 g/mol. The molecule has 0 spiro atoms. The van der Waals surface area contributed by atoms with Gasteiger partial charge in [-0.25, -0.2) is 9.50 Å². The van der Waals surface area contributed by atoms with E-state index < -0.39 is 6.04 Å². The van der Waals surface area contributed by atoms with Crippen molar-refractivity contribution in [2.75, 3.05) is 6.54 Å². The second-order valence-electron chi connectivity index (χ2n) is 7.46. The summed E-state index contributed by atoms with van der Waals surface area (Å²) in [7, 11) is 1.79. The Morgan fingerprint density at radius 2 is 2.16 bits per heavy atom. The molecule has 11 nitrogen and oxygen atoms in total. The second kappa shape index (κ2) is 7.12. The van der Waals surface area contributed by atoms with Crippen molar-refractivity contribution in [3.63, 3.8) is 0 Å². The highest BCUT2D eigenvalue weighted by atomic mass is 79.9. The topological polar surface area (TPSA) is 123 Å². The summed E-state index contributed by atoms with van der Waals surface area (Å²) < 4.78 is 9.99. The van der Waals surface area contributed by atoms with Gasteiger partial charge in [-0.15, -0.1) is 10.2 Å². The van der Waals surface area contributed by atoms with E-state index in [1.165, 1.54) is 0 Å². The Morgan fingerprint density at radius 3 is 2.97 bits per heavy atom. The van der Waals surface area contributed by atoms with Crippen LogP contribution in [0.25, 0.3) is 17.1 Å². The molecule has 0 bridgehead atoms. The van der Waals surface area contributed by atoms with Gasteiger partial charge in [-0.2, -0.15) is 10.2 Å². The summed E-state index contributed by atoms with van der Waals surface area (Å²) in [6.07, 6.45) is 5.91. The molecule has 0 aromatic carbocycles. The third kappa shape index (κ3) is 2.94. The van der Waals surface area contributed by atoms with Crippen molar-refractivity contribution in [1.29, 1.82) is 0 Å². The fourth-order valence-corrected chi connectivity index (χ4v) is 4.44. The Kier molecular flexibility index (Phi) is 4.21. The summed E-state index contributed by atoms with van der Waals surface area (Å²) in [4.78, 5) is 22.8. The third-order valence-electron chi connectivity index (χ3n) is 5.48. The number of fused-ring (bicyclic) bond motifs is 2. The minimum absolute atomic E-state index is 0.0976. The summed E-state index contributed by atoms with van der Waals surface area (Å²) in [6.45, 7) is 0.453. The summed E-state index contributed by atoms with van der Waals surface area (Å²) in [6, 6.07) is 7.05. The summed E-state index contributed by atoms with van der Waals surface area (Å²) >= 11 is 3.56. The Labute approximate surface area is 189 Å². The van der Waals surface area contributed by atoms with Gasteiger partial charge in [-0.1, -0.05) is 0 Å². The number of amides is 1. The van der Waals surface area contributed by atoms with Gasteiger partial charge in [0.05, 0.1) is 23.2 Å². The van der Waals surface area contributed by atoms with Crippen molar-refractivity contribution in [1.82, 2.24) is 44.5 Å². The van der Waals surface area contributed by atoms with Gasteiger partial charge in [-0.3, -0.25) is 9.48 Å². The number of hydrogen-bond acceptors (Lipinski definition) is 7. The lowest BCUT2D eigenvalue weighted by molar-refractivity contribution is 0.0646. The first-order valence-corrected chi connectivity index (χ1v) is 10.7. The number of aryl methyl sites for hydroxylation is 1. The highest BCUT2D eigenvalue weighted by Crippen LogP contribution is 2.35. The first-order chi connectivity index (χ1) is 15.6. The zero-order valence-electron chi connectivity index (χ0n) is 16.8. The molecule has 1 atom stereocenters. The van der Waals surface area contributed by atoms with Gasteiger partial charge in [0.1, 0.15) is 11.7 Å². The maximum Gasteiger partial charge on any atom is 0.312 e. The minimum atomic E-state index is -0.491. The van der Waals surface area contributed by atoms with Crippen molar-refractivity contribution in [2.45, 2.75) is 12.5 Å². The van der Waals surface area contributed by atoms with Crippen LogP contribution in [0.2, 0.25) is 0 Å². The van der Waals surface area contributed by atoms with E-state index in [9.17, 15) is 4.79 Å². The van der Waals surface area contributed by atoms with Crippen LogP contribution in [0, 0.1) is 0 Å². The standard InChI is InChI=1S/C20H16BrN9O2/c1-28-7-4-13(26-28)18-24-25-19(32-18)20(31)29-8-5-12-16(23-10-22-12)17(29)14-9-15-11(21)3-2-6-30(15)27-14/h2-4,6-7,9-10,17H,5,8H2,1H3,(H,22,23)/t17-/m1/s1. The molecule has 6 rings (SSSR count). The van der Waals surface area contributed by atoms with Gasteiger partial charge in [0.25, 0.3) is 5.89 Å². The number of carbonyl (C=O) groups is 1. The quantitative estimate of drug-likeness (QED) is 0.409. The van der Waals surface area contributed by atoms with E-state index in [1.54, 1.807) is 39.7 Å². The van der Waals surface area contributed by atoms with Crippen molar-refractivity contribution < 1.29 is 9.21 Å². The average Bonchev–Trinajstić information content (AvgIpc) is 3.57. The van der Waals surface area contributed by atoms with Crippen molar-refractivity contribution >= 4 is 27.4 Å². The first-order valence-electron chi connectivity index (χ1n) is 9.89. The Hall–Kier alpha value is -3.80. The van der Waals surface area contributed by atoms with Gasteiger partial charge in [-0.05, 0) is 40.2 Å². The molecule has 5 aromatic heterocycles. The molecular formula is C20H16BrN9O2. The molecule has 6 heterocycles. The molecule has 1 aliphatic heterocycles. The molecule has 0 fully saturated rings. The summed E-state index contributed by atoms with van der Waals surface area (Å²) in [5.74, 6) is -0.284. The van der Waals surface area contributed by atoms with Gasteiger partial charge < -0.3 is 14.3 Å². The lowest BCUT2D eigenvalue weighted by Crippen LogP contribution is -2.41. The van der Waals surface area contributed by atoms with E-state index in [1.807, 2.05) is 24.4 Å². The number of rotatable bonds is 3. The van der Waals surface area contributed by atoms with E-state index in [-0.39, 0.29) is 17.7 Å². The van der Waals surface area contributed by atoms with E-state index in [2.05, 4.69) is 41.2 Å². The predicted molar refractivity (Wildman–Crippen MR) is 115 cm³/mol. The van der Waals surface area contributed by atoms with Crippen LogP contribution in [-0.2, 0) is 13.5 Å². The molecule has 1 aliphatic rings. The molecule has 5 aromatic rings. The molecule has 12 heteroatoms. The zero-order chi connectivity index (χ0) is 21.8. The van der Waals surface area contributed by atoms with Crippen molar-refractivity contribution in [2.24, 2.45) is 7.05 Å². The number of H-pyrrole nitrogens is 1. The second-order valence-corrected chi connectivity index (χ2v) is 8.31. The Bertz CT molecular complexity index is 1460. The van der Waals surface area contributed by atoms with Crippen LogP contribution in [0.3, 0.4) is 0 Å². The number of aromatic nitrogens is 8. The molecule has 0 radical (unpaired) electrons. The number of imidazole rings is 1. The minimum Gasteiger partial charge on any atom is -0.411 e. The molecule has 1 amide bonds. The van der Waals surface area contributed by atoms with Crippen LogP contribution in [0.4, 0.5) is 0 Å². The highest BCUT2D eigenvalue weighted by Gasteiger charge is 2.38. The molecular weight excluding hydrogens is 478 g/mol. The average molecular weight is 494 g/mol. The molecule has 32 heavy (non-hydrogen) atoms. The fourth-order valence-electron chi connectivity index (χ4n) is 3.99. The van der Waals surface area contributed by atoms with E-state index in [0.29, 0.717) is 24.4 Å². The Balaban J connectivity index is 1.41. The van der Waals surface area contributed by atoms with E-state index in [4.69, 9.17) is 9.52 Å². The van der Waals surface area contributed by atoms with E-state index in [0.717, 1.165) is 21.4 Å². The summed E-state index contributed by atoms with van der Waals surface area (Å²) in [5.41, 5.74) is 3.84. The molecule has 1 N–H and O–H groups in total. The third-order valence-corrected chi connectivity index (χ3v) is 6.15. The van der Waals surface area contributed by atoms with E-state index >= 15 is 0 Å². The number of aromatic amines is 1. The van der Waals surface area contributed by atoms with Gasteiger partial charge >= 0.3 is 11.8 Å². The largest absolute Gasteiger partial charge is 0.411 e. The van der Waals surface area contributed by atoms with Gasteiger partial charge in [0.15, 0.2) is 0 Å². The smallest absolute Gasteiger partial charge is 0.312 e. The predicted octanol–water partition coefficient (Wildman–Crippen LogP) is 2.39. The number of hydrogen-bond donors (Lipinski definition) is 1. The van der Waals surface area contributed by atoms with Crippen LogP contribution in [0.5, 0.6) is 0 Å². The maximum absolute atomic E-state index is 13.5. The molecule has 0 unspecified atom stereocenters. The first kappa shape index (κ1) is 18.9. The lowest BCUT2D eigenvalue weighted by atomic mass is 9.99. The number of nitrogens with one attached hydrogen (secondary N) is 1. The SMILES string of the molecule is Cn1ccc(-c2nnc(C(=O)N3CCc4[nH]cnc4[C@H]3c3cc4c(Br)cccn4n3)o2)n1. The molecule has 0 saturated heterocycles. The summed E-state index contributed by atoms with van der Waals surface area (Å²) in [5, 5.41) is 17.0. The molecule has 160 valence electrons. The number of halogens is 1. The normalized spacial score (nSPS) is 15.9. The molecule has 0 saturated carbocycles. The Morgan fingerprint density at radius 1 is 1.25 bits per heavy atom. The molecule has 0 aliphatic carbocycles. The van der Waals surface area contributed by atoms with Crippen LogP contribution < -0.4 is 0 Å². The maximum atomic E-state index is 13.5. The van der Waals surface area contributed by atoms with Crippen LogP contribution in [-0.4, -0.2) is 56.9 Å². The number of nitrogens with zero attached hydrogens (tertiary/aromatic N) is 8. The van der Waals surface area contributed by atoms with Crippen LogP contribution in [0.1, 0.15) is 33.8 Å². The van der Waals surface area contributed by atoms with Gasteiger partial charge in [0.2, 0.25) is 0 Å². The number of pyridine rings is 1. The zero-order valence-corrected chi connectivity index (χ0v) is 18.4. The number of carbonyl (C=O) groups excluding carboxylic acids is 1. The van der Waals surface area contributed by atoms with Gasteiger partial charge in [0, 0.05) is 42.6 Å². The van der Waals surface area contributed by atoms with Crippen molar-refractivity contribution in [3.05, 3.63) is 70.4 Å². The fraction of sp³-hybridized carbons (Fsp3) is 0.200. The van der Waals surface area contributed by atoms with Crippen molar-refractivity contribution in [3.8, 4) is 11.6 Å². The van der Waals surface area contributed by atoms with Crippen LogP contribution >= 0.6 is 15.9 Å². The highest BCUT2D eigenvalue weighted by molar-refractivity contribution is 9.10.